The fraction of sp³-hybridized carbons (Fsp3) is 0.320. The zero-order valence-electron chi connectivity index (χ0n) is 18.1. The molecule has 4 aromatic rings. The third-order valence-corrected chi connectivity index (χ3v) is 7.92. The van der Waals surface area contributed by atoms with Crippen molar-refractivity contribution in [3.8, 4) is 0 Å². The quantitative estimate of drug-likeness (QED) is 0.353. The van der Waals surface area contributed by atoms with Crippen LogP contribution in [0.15, 0.2) is 58.0 Å². The Morgan fingerprint density at radius 3 is 2.79 bits per heavy atom. The van der Waals surface area contributed by atoms with Crippen molar-refractivity contribution in [1.82, 2.24) is 9.71 Å². The Balaban J connectivity index is 1.30. The number of hydrogen-bond acceptors (Lipinski definition) is 4. The predicted molar refractivity (Wildman–Crippen MR) is 126 cm³/mol. The molecule has 3 N–H and O–H groups in total. The number of aryl methyl sites for hydroxylation is 3. The number of aliphatic carboxylic acids is 1. The standard InChI is InChI=1S/C25H26N2O5S/c28-25(29)22(10-5-6-16-15-26-21-9-3-1-7-18(16)21)27-33(30,31)17-12-13-20-19-8-2-4-11-23(19)32-24(20)14-17/h1,3,7,9,12-15,22,26-27H,2,4-6,8,10-11H2,(H,28,29). The molecule has 1 atom stereocenters. The number of rotatable bonds is 8. The zero-order valence-corrected chi connectivity index (χ0v) is 19.0. The van der Waals surface area contributed by atoms with Crippen molar-refractivity contribution < 1.29 is 22.7 Å². The SMILES string of the molecule is O=C(O)C(CCCc1c[nH]c2ccccc12)NS(=O)(=O)c1ccc2c3c(oc2c1)CCCC3. The predicted octanol–water partition coefficient (Wildman–Crippen LogP) is 4.55. The fourth-order valence-corrected chi connectivity index (χ4v) is 5.97. The summed E-state index contributed by atoms with van der Waals surface area (Å²) in [7, 11) is -4.01. The third-order valence-electron chi connectivity index (χ3n) is 6.45. The van der Waals surface area contributed by atoms with E-state index < -0.39 is 22.0 Å². The average Bonchev–Trinajstić information content (AvgIpc) is 3.39. The first-order valence-corrected chi connectivity index (χ1v) is 12.7. The molecule has 0 fully saturated rings. The van der Waals surface area contributed by atoms with Crippen molar-refractivity contribution in [3.05, 3.63) is 65.5 Å². The first-order valence-electron chi connectivity index (χ1n) is 11.3. The summed E-state index contributed by atoms with van der Waals surface area (Å²) in [4.78, 5) is 15.0. The number of aromatic nitrogens is 1. The molecule has 2 aromatic carbocycles. The number of carbonyl (C=O) groups is 1. The summed E-state index contributed by atoms with van der Waals surface area (Å²) >= 11 is 0. The van der Waals surface area contributed by atoms with Gasteiger partial charge < -0.3 is 14.5 Å². The number of carboxylic acids is 1. The molecule has 0 saturated carbocycles. The Labute approximate surface area is 191 Å². The largest absolute Gasteiger partial charge is 0.480 e. The summed E-state index contributed by atoms with van der Waals surface area (Å²) in [5.74, 6) is -0.258. The van der Waals surface area contributed by atoms with Gasteiger partial charge in [0.15, 0.2) is 0 Å². The first-order chi connectivity index (χ1) is 15.9. The topological polar surface area (TPSA) is 112 Å². The van der Waals surface area contributed by atoms with E-state index in [2.05, 4.69) is 9.71 Å². The van der Waals surface area contributed by atoms with Gasteiger partial charge in [-0.2, -0.15) is 4.72 Å². The van der Waals surface area contributed by atoms with Gasteiger partial charge >= 0.3 is 5.97 Å². The van der Waals surface area contributed by atoms with Crippen LogP contribution in [0.2, 0.25) is 0 Å². The second kappa shape index (κ2) is 8.68. The van der Waals surface area contributed by atoms with E-state index >= 15 is 0 Å². The molecular weight excluding hydrogens is 440 g/mol. The molecule has 0 amide bonds. The van der Waals surface area contributed by atoms with Crippen LogP contribution in [-0.2, 0) is 34.1 Å². The number of benzene rings is 2. The summed E-state index contributed by atoms with van der Waals surface area (Å²) in [6, 6.07) is 11.5. The van der Waals surface area contributed by atoms with E-state index in [0.29, 0.717) is 18.4 Å². The molecule has 7 nitrogen and oxygen atoms in total. The fourth-order valence-electron chi connectivity index (χ4n) is 4.73. The maximum absolute atomic E-state index is 13.0. The molecule has 5 rings (SSSR count). The Bertz CT molecular complexity index is 1430. The van der Waals surface area contributed by atoms with Crippen molar-refractivity contribution in [2.45, 2.75) is 55.9 Å². The van der Waals surface area contributed by atoms with Gasteiger partial charge in [-0.25, -0.2) is 8.42 Å². The van der Waals surface area contributed by atoms with Gasteiger partial charge in [-0.05, 0) is 62.3 Å². The third kappa shape index (κ3) is 4.28. The van der Waals surface area contributed by atoms with E-state index in [1.165, 1.54) is 12.1 Å². The summed E-state index contributed by atoms with van der Waals surface area (Å²) in [5, 5.41) is 11.7. The maximum Gasteiger partial charge on any atom is 0.321 e. The van der Waals surface area contributed by atoms with Crippen LogP contribution in [0, 0.1) is 0 Å². The number of hydrogen-bond donors (Lipinski definition) is 3. The summed E-state index contributed by atoms with van der Waals surface area (Å²) < 4.78 is 34.2. The van der Waals surface area contributed by atoms with E-state index in [1.807, 2.05) is 30.5 Å². The van der Waals surface area contributed by atoms with E-state index in [4.69, 9.17) is 4.42 Å². The zero-order chi connectivity index (χ0) is 23.0. The number of H-pyrrole nitrogens is 1. The first kappa shape index (κ1) is 21.7. The monoisotopic (exact) mass is 466 g/mol. The number of nitrogens with one attached hydrogen (secondary N) is 2. The van der Waals surface area contributed by atoms with Gasteiger partial charge in [0.2, 0.25) is 10.0 Å². The molecule has 0 bridgehead atoms. The smallest absolute Gasteiger partial charge is 0.321 e. The van der Waals surface area contributed by atoms with Crippen molar-refractivity contribution >= 4 is 37.9 Å². The van der Waals surface area contributed by atoms with Crippen LogP contribution in [0.3, 0.4) is 0 Å². The molecule has 1 aliphatic carbocycles. The molecular formula is C25H26N2O5S. The molecule has 0 spiro atoms. The summed E-state index contributed by atoms with van der Waals surface area (Å²) in [5.41, 5.74) is 3.81. The molecule has 2 aromatic heterocycles. The highest BCUT2D eigenvalue weighted by molar-refractivity contribution is 7.89. The molecule has 1 unspecified atom stereocenters. The van der Waals surface area contributed by atoms with E-state index in [-0.39, 0.29) is 11.3 Å². The maximum atomic E-state index is 13.0. The van der Waals surface area contributed by atoms with Gasteiger partial charge in [-0.15, -0.1) is 0 Å². The molecule has 0 saturated heterocycles. The number of sulfonamides is 1. The van der Waals surface area contributed by atoms with Crippen LogP contribution in [0.1, 0.15) is 42.6 Å². The highest BCUT2D eigenvalue weighted by atomic mass is 32.2. The average molecular weight is 467 g/mol. The van der Waals surface area contributed by atoms with Gasteiger partial charge in [0.25, 0.3) is 0 Å². The van der Waals surface area contributed by atoms with Crippen LogP contribution in [0.25, 0.3) is 21.9 Å². The minimum Gasteiger partial charge on any atom is -0.480 e. The Morgan fingerprint density at radius 1 is 1.12 bits per heavy atom. The summed E-state index contributed by atoms with van der Waals surface area (Å²) in [6.07, 6.45) is 7.26. The molecule has 0 aliphatic heterocycles. The van der Waals surface area contributed by atoms with E-state index in [9.17, 15) is 18.3 Å². The normalized spacial score (nSPS) is 15.0. The Morgan fingerprint density at radius 2 is 1.94 bits per heavy atom. The van der Waals surface area contributed by atoms with E-state index in [1.54, 1.807) is 6.07 Å². The number of furan rings is 1. The van der Waals surface area contributed by atoms with Crippen molar-refractivity contribution in [1.29, 1.82) is 0 Å². The lowest BCUT2D eigenvalue weighted by molar-refractivity contribution is -0.139. The lowest BCUT2D eigenvalue weighted by Gasteiger charge is -2.15. The minimum absolute atomic E-state index is 0.0176. The van der Waals surface area contributed by atoms with E-state index in [0.717, 1.165) is 58.9 Å². The number of aromatic amines is 1. The van der Waals surface area contributed by atoms with Crippen LogP contribution in [-0.4, -0.2) is 30.5 Å². The number of fused-ring (bicyclic) bond motifs is 4. The lowest BCUT2D eigenvalue weighted by Crippen LogP contribution is -2.40. The molecule has 2 heterocycles. The number of carboxylic acid groups (broad SMARTS) is 1. The summed E-state index contributed by atoms with van der Waals surface area (Å²) in [6.45, 7) is 0. The molecule has 0 radical (unpaired) electrons. The van der Waals surface area contributed by atoms with Crippen molar-refractivity contribution in [2.24, 2.45) is 0 Å². The molecule has 172 valence electrons. The molecule has 1 aliphatic rings. The highest BCUT2D eigenvalue weighted by Crippen LogP contribution is 2.33. The van der Waals surface area contributed by atoms with Crippen molar-refractivity contribution in [3.63, 3.8) is 0 Å². The minimum atomic E-state index is -4.01. The van der Waals surface area contributed by atoms with Gasteiger partial charge in [-0.1, -0.05) is 18.2 Å². The van der Waals surface area contributed by atoms with Crippen LogP contribution < -0.4 is 4.72 Å². The van der Waals surface area contributed by atoms with Crippen LogP contribution in [0.5, 0.6) is 0 Å². The second-order valence-electron chi connectivity index (χ2n) is 8.63. The van der Waals surface area contributed by atoms with Gasteiger partial charge in [0.05, 0.1) is 4.90 Å². The van der Waals surface area contributed by atoms with Crippen LogP contribution in [0.4, 0.5) is 0 Å². The van der Waals surface area contributed by atoms with Gasteiger partial charge in [-0.3, -0.25) is 4.79 Å². The Hall–Kier alpha value is -3.10. The van der Waals surface area contributed by atoms with Gasteiger partial charge in [0, 0.05) is 40.5 Å². The number of para-hydroxylation sites is 1. The second-order valence-corrected chi connectivity index (χ2v) is 10.3. The molecule has 33 heavy (non-hydrogen) atoms. The van der Waals surface area contributed by atoms with Crippen molar-refractivity contribution in [2.75, 3.05) is 0 Å². The van der Waals surface area contributed by atoms with Crippen LogP contribution >= 0.6 is 0 Å². The Kier molecular flexibility index (Phi) is 5.72. The molecule has 8 heteroatoms. The van der Waals surface area contributed by atoms with Gasteiger partial charge in [0.1, 0.15) is 17.4 Å². The highest BCUT2D eigenvalue weighted by Gasteiger charge is 2.26. The lowest BCUT2D eigenvalue weighted by atomic mass is 9.96.